The van der Waals surface area contributed by atoms with Crippen LogP contribution in [0.4, 0.5) is 22.7 Å². The van der Waals surface area contributed by atoms with Crippen LogP contribution in [0.3, 0.4) is 0 Å². The zero-order chi connectivity index (χ0) is 82.0. The Balaban J connectivity index is 0.000000444. The summed E-state index contributed by atoms with van der Waals surface area (Å²) in [6, 6.07) is 7.41. The van der Waals surface area contributed by atoms with E-state index < -0.39 is 16.9 Å². The number of nitrogens with two attached hydrogens (primary N) is 2. The minimum absolute atomic E-state index is 0. The molecule has 22 nitrogen and oxygen atoms in total. The molecule has 28 heteroatoms. The van der Waals surface area contributed by atoms with E-state index in [1.165, 1.54) is 148 Å². The number of pyridine rings is 1. The van der Waals surface area contributed by atoms with Crippen molar-refractivity contribution in [2.24, 2.45) is 0 Å². The van der Waals surface area contributed by atoms with E-state index in [0.717, 1.165) is 65.4 Å². The van der Waals surface area contributed by atoms with Crippen LogP contribution in [0.5, 0.6) is 0 Å². The van der Waals surface area contributed by atoms with Gasteiger partial charge in [-0.25, -0.2) is 14.4 Å². The molecule has 10 rings (SSSR count). The van der Waals surface area contributed by atoms with Crippen LogP contribution in [0.25, 0.3) is 50.6 Å². The topological polar surface area (TPSA) is 380 Å². The Bertz CT molecular complexity index is 5490. The summed E-state index contributed by atoms with van der Waals surface area (Å²) in [5.41, 5.74) is 38.8. The van der Waals surface area contributed by atoms with Gasteiger partial charge in [-0.3, -0.25) is 19.7 Å². The summed E-state index contributed by atoms with van der Waals surface area (Å²) in [6.07, 6.45) is 4.04. The Morgan fingerprint density at radius 3 is 1.42 bits per heavy atom. The van der Waals surface area contributed by atoms with Gasteiger partial charge >= 0.3 is 75.3 Å². The number of methoxy groups -OCH3 is 2. The van der Waals surface area contributed by atoms with Gasteiger partial charge in [0.05, 0.1) is 67.3 Å². The van der Waals surface area contributed by atoms with Gasteiger partial charge in [-0.15, -0.1) is 45.3 Å². The number of thiophene rings is 4. The number of benzene rings is 5. The van der Waals surface area contributed by atoms with Crippen LogP contribution in [0.15, 0.2) is 45.4 Å². The Morgan fingerprint density at radius 2 is 0.982 bits per heavy atom. The van der Waals surface area contributed by atoms with Gasteiger partial charge in [0, 0.05) is 69.1 Å². The maximum atomic E-state index is 12.3. The van der Waals surface area contributed by atoms with Gasteiger partial charge < -0.3 is 50.9 Å². The number of carbonyl (C=O) groups excluding carboxylic acids is 4. The molecule has 5 aromatic heterocycles. The van der Waals surface area contributed by atoms with Crippen molar-refractivity contribution in [1.82, 2.24) is 4.98 Å². The standard InChI is InChI=1S/C18H20N2O2S.C16H14N2OS.C14H17NO2S.C12H15NS.C11H12N2O2.C8H11NO3.C3H6O2S.K.H2O/c1-6-22-18(21)14(7-19)8-20-15-9-23-17-13(5)11(3)10(2)12(4)16(15)17;1-7-8(2)10(4)15-12(9(7)3)13-16(20-15)14(19)11(5-17)6-18-13;1-6-7(2)9(4)12-10(8(6)3)11(15)13(18-12)14(16)17-5;1-6-7(2)9(4)12-11(8(6)3)10(13)5-14-12;1-6-7(2)9(4)11(13(14)15)10(5-12)8(6)3;1-3-11-6-7(5-9)8(10)12-4-2;1-5-3(4)2-6;;/h8-9,20H,6H2,1-5H3;6H,1-4H3,(H,18,19);15H2,1-5H3;5H,13H2,1-4H3;1-4H3;6H,3-4H2,1-2H3;6H,2H2,1H3;;1H2/q;;;;;;;+1;/p-1/b14-8-;;;;;7-6+;;;. The normalized spacial score (nSPS) is 10.5. The number of nitrogens with one attached hydrogen (secondary N) is 2. The zero-order valence-electron chi connectivity index (χ0n) is 67.5. The summed E-state index contributed by atoms with van der Waals surface area (Å²) in [7, 11) is 2.71. The Labute approximate surface area is 707 Å². The summed E-state index contributed by atoms with van der Waals surface area (Å²) in [4.78, 5) is 70.5. The van der Waals surface area contributed by atoms with Crippen molar-refractivity contribution in [3.8, 4) is 24.3 Å². The number of thiol groups is 1. The number of carbonyl (C=O) groups is 4. The number of aryl methyl sites for hydroxylation is 8. The second-order valence-corrected chi connectivity index (χ2v) is 29.2. The van der Waals surface area contributed by atoms with Crippen molar-refractivity contribution in [1.29, 1.82) is 21.0 Å². The number of anilines is 3. The number of hydrogen-bond donors (Lipinski definition) is 5. The summed E-state index contributed by atoms with van der Waals surface area (Å²) < 4.78 is 28.6. The quantitative estimate of drug-likeness (QED) is 0.00924. The molecule has 5 aromatic carbocycles. The molecule has 0 aliphatic rings. The number of nitro benzene ring substituents is 1. The number of nitrogens with zero attached hydrogens (tertiary/aromatic N) is 5. The van der Waals surface area contributed by atoms with Crippen LogP contribution < -0.4 is 73.6 Å². The van der Waals surface area contributed by atoms with E-state index in [0.29, 0.717) is 33.0 Å². The third-order valence-corrected chi connectivity index (χ3v) is 24.7. The summed E-state index contributed by atoms with van der Waals surface area (Å²) in [5, 5.41) is 58.0. The largest absolute Gasteiger partial charge is 1.00 e. The number of rotatable bonds is 11. The number of esters is 4. The Hall–Kier alpha value is -8.98. The molecule has 0 atom stereocenters. The molecule has 110 heavy (non-hydrogen) atoms. The monoisotopic (exact) mass is 1610 g/mol. The van der Waals surface area contributed by atoms with Gasteiger partial charge in [0.2, 0.25) is 5.43 Å². The molecule has 0 unspecified atom stereocenters. The predicted molar refractivity (Wildman–Crippen MR) is 447 cm³/mol. The van der Waals surface area contributed by atoms with Crippen LogP contribution in [-0.2, 0) is 38.1 Å². The molecule has 0 radical (unpaired) electrons. The molecule has 0 fully saturated rings. The molecule has 578 valence electrons. The first kappa shape index (κ1) is 97.1. The maximum absolute atomic E-state index is 12.3. The average molecular weight is 1620 g/mol. The number of nitriles is 4. The van der Waals surface area contributed by atoms with Crippen molar-refractivity contribution in [2.45, 2.75) is 159 Å². The van der Waals surface area contributed by atoms with Crippen molar-refractivity contribution >= 4 is 155 Å². The summed E-state index contributed by atoms with van der Waals surface area (Å²) >= 11 is 9.95. The number of aromatic amines is 1. The number of nitrogen functional groups attached to an aromatic ring is 2. The van der Waals surface area contributed by atoms with Crippen LogP contribution in [0.2, 0.25) is 0 Å². The number of aromatic nitrogens is 1. The second-order valence-electron chi connectivity index (χ2n) is 25.1. The molecule has 5 heterocycles. The summed E-state index contributed by atoms with van der Waals surface area (Å²) in [5.74, 6) is -1.74. The minimum Gasteiger partial charge on any atom is -0.870 e. The first-order valence-electron chi connectivity index (χ1n) is 34.1. The number of ether oxygens (including phenoxy) is 5. The van der Waals surface area contributed by atoms with Crippen LogP contribution in [0, 0.1) is 194 Å². The van der Waals surface area contributed by atoms with Gasteiger partial charge in [0.1, 0.15) is 51.2 Å². The molecular formula is C82H96KN9O13S5. The molecule has 10 aromatic rings. The second kappa shape index (κ2) is 43.6. The SMILES string of the molecule is CCO/C=C(\C#N)C(=O)OCC.CCOC(=O)/C(C#N)=C\Nc1csc2c(C)c(C)c(C)c(C)c12.COC(=O)CS.COC(=O)c1sc2c(C)c(C)c(C)c(C)c2c1N.Cc1c(C)c(C)c([N+](=O)[O-])c(C#N)c1C.Cc1c(C)c(C)c2c(N)csc2c1C.Cc1c(C)c(C)c2c(sc3c(=O)c(C#N)c[nH]c32)c1C.[K+].[OH-]. The first-order valence-corrected chi connectivity index (χ1v) is 38.1. The molecular weight excluding hydrogens is 1520 g/mol. The molecule has 0 amide bonds. The Kier molecular flexibility index (Phi) is 38.5. The predicted octanol–water partition coefficient (Wildman–Crippen LogP) is 16.2. The number of nitro groups is 1. The molecule has 0 saturated carbocycles. The maximum Gasteiger partial charge on any atom is 1.00 e. The molecule has 7 N–H and O–H groups in total. The molecule has 0 aliphatic carbocycles. The van der Waals surface area contributed by atoms with Gasteiger partial charge in [0.25, 0.3) is 5.69 Å². The van der Waals surface area contributed by atoms with E-state index in [-0.39, 0.29) is 121 Å². The first-order chi connectivity index (χ1) is 50.8. The van der Waals surface area contributed by atoms with Gasteiger partial charge in [-0.2, -0.15) is 33.7 Å². The molecule has 0 spiro atoms. The van der Waals surface area contributed by atoms with Crippen LogP contribution in [-0.4, -0.2) is 79.1 Å². The van der Waals surface area contributed by atoms with E-state index in [1.807, 2.05) is 49.7 Å². The van der Waals surface area contributed by atoms with Gasteiger partial charge in [-0.1, -0.05) is 0 Å². The fourth-order valence-corrected chi connectivity index (χ4v) is 16.6. The van der Waals surface area contributed by atoms with Gasteiger partial charge in [-0.05, 0) is 265 Å². The fourth-order valence-electron chi connectivity index (χ4n) is 11.6. The van der Waals surface area contributed by atoms with Crippen molar-refractivity contribution < 1.29 is 105 Å². The zero-order valence-corrected chi connectivity index (χ0v) is 74.8. The number of hydrogen-bond acceptors (Lipinski definition) is 25. The number of H-pyrrole nitrogens is 1. The van der Waals surface area contributed by atoms with E-state index in [1.54, 1.807) is 63.4 Å². The molecule has 0 aliphatic heterocycles. The van der Waals surface area contributed by atoms with E-state index in [2.05, 4.69) is 136 Å². The smallest absolute Gasteiger partial charge is 0.870 e. The molecule has 0 saturated heterocycles. The van der Waals surface area contributed by atoms with E-state index in [4.69, 9.17) is 46.7 Å². The van der Waals surface area contributed by atoms with Crippen molar-refractivity contribution in [3.05, 3.63) is 188 Å². The summed E-state index contributed by atoms with van der Waals surface area (Å²) in [6.45, 7) is 47.1. The third-order valence-electron chi connectivity index (χ3n) is 19.7. The van der Waals surface area contributed by atoms with Crippen molar-refractivity contribution in [3.63, 3.8) is 0 Å². The third kappa shape index (κ3) is 21.4. The van der Waals surface area contributed by atoms with Crippen molar-refractivity contribution in [2.75, 3.05) is 56.6 Å². The van der Waals surface area contributed by atoms with Crippen LogP contribution >= 0.6 is 58.0 Å². The van der Waals surface area contributed by atoms with E-state index in [9.17, 15) is 34.1 Å². The van der Waals surface area contributed by atoms with Gasteiger partial charge in [0.15, 0.2) is 11.1 Å². The Morgan fingerprint density at radius 1 is 0.555 bits per heavy atom. The average Bonchev–Trinajstić information content (AvgIpc) is 1.62. The fraction of sp³-hybridized carbons (Fsp3) is 0.354. The molecule has 0 bridgehead atoms. The minimum atomic E-state index is -0.645. The van der Waals surface area contributed by atoms with Crippen LogP contribution in [0.1, 0.15) is 153 Å². The number of fused-ring (bicyclic) bond motifs is 6. The van der Waals surface area contributed by atoms with E-state index >= 15 is 0 Å².